The lowest BCUT2D eigenvalue weighted by molar-refractivity contribution is -0.156. The summed E-state index contributed by atoms with van der Waals surface area (Å²) in [4.78, 5) is 11.9. The van der Waals surface area contributed by atoms with E-state index in [1.807, 2.05) is 45.9 Å². The molecule has 4 nitrogen and oxygen atoms in total. The fourth-order valence-corrected chi connectivity index (χ4v) is 1.62. The van der Waals surface area contributed by atoms with Gasteiger partial charge in [-0.1, -0.05) is 19.1 Å². The van der Waals surface area contributed by atoms with Gasteiger partial charge < -0.3 is 16.2 Å². The molecule has 0 aliphatic carbocycles. The van der Waals surface area contributed by atoms with Gasteiger partial charge in [0.2, 0.25) is 0 Å². The molecule has 1 aromatic rings. The Hall–Kier alpha value is -1.55. The van der Waals surface area contributed by atoms with Crippen molar-refractivity contribution in [3.05, 3.63) is 29.8 Å². The van der Waals surface area contributed by atoms with Crippen LogP contribution in [0.25, 0.3) is 0 Å². The van der Waals surface area contributed by atoms with Gasteiger partial charge in [-0.2, -0.15) is 0 Å². The molecule has 1 aromatic carbocycles. The molecule has 2 atom stereocenters. The molecule has 0 spiro atoms. The Labute approximate surface area is 108 Å². The second kappa shape index (κ2) is 5.40. The van der Waals surface area contributed by atoms with Gasteiger partial charge in [-0.3, -0.25) is 4.79 Å². The lowest BCUT2D eigenvalue weighted by atomic mass is 9.93. The minimum atomic E-state index is -0.689. The third kappa shape index (κ3) is 4.04. The van der Waals surface area contributed by atoms with Crippen molar-refractivity contribution in [2.45, 2.75) is 45.3 Å². The van der Waals surface area contributed by atoms with E-state index in [1.54, 1.807) is 6.07 Å². The van der Waals surface area contributed by atoms with Gasteiger partial charge in [0.05, 0.1) is 0 Å². The number of hydrogen-bond acceptors (Lipinski definition) is 4. The Balaban J connectivity index is 2.78. The van der Waals surface area contributed by atoms with Crippen LogP contribution in [0.2, 0.25) is 0 Å². The van der Waals surface area contributed by atoms with Crippen molar-refractivity contribution < 1.29 is 9.53 Å². The Morgan fingerprint density at radius 2 is 1.94 bits per heavy atom. The van der Waals surface area contributed by atoms with Crippen LogP contribution in [-0.4, -0.2) is 17.6 Å². The van der Waals surface area contributed by atoms with Crippen LogP contribution in [0.3, 0.4) is 0 Å². The molecule has 2 unspecified atom stereocenters. The summed E-state index contributed by atoms with van der Waals surface area (Å²) in [7, 11) is 0. The number of nitrogen functional groups attached to an aromatic ring is 1. The van der Waals surface area contributed by atoms with Gasteiger partial charge in [-0.15, -0.1) is 0 Å². The normalized spacial score (nSPS) is 14.9. The average molecular weight is 250 g/mol. The zero-order chi connectivity index (χ0) is 13.9. The van der Waals surface area contributed by atoms with Crippen molar-refractivity contribution in [1.82, 2.24) is 0 Å². The average Bonchev–Trinajstić information content (AvgIpc) is 2.24. The SMILES string of the molecule is CC(c1cccc(N)c1)C(N)C(=O)OC(C)(C)C. The molecule has 0 aliphatic heterocycles. The van der Waals surface area contributed by atoms with Crippen LogP contribution in [-0.2, 0) is 9.53 Å². The molecule has 0 amide bonds. The Morgan fingerprint density at radius 1 is 1.33 bits per heavy atom. The summed E-state index contributed by atoms with van der Waals surface area (Å²) in [6.07, 6.45) is 0. The second-order valence-corrected chi connectivity index (χ2v) is 5.52. The van der Waals surface area contributed by atoms with E-state index in [9.17, 15) is 4.79 Å². The van der Waals surface area contributed by atoms with Crippen molar-refractivity contribution in [1.29, 1.82) is 0 Å². The van der Waals surface area contributed by atoms with E-state index in [4.69, 9.17) is 16.2 Å². The largest absolute Gasteiger partial charge is 0.459 e. The number of rotatable bonds is 3. The maximum Gasteiger partial charge on any atom is 0.324 e. The minimum Gasteiger partial charge on any atom is -0.459 e. The highest BCUT2D eigenvalue weighted by atomic mass is 16.6. The fraction of sp³-hybridized carbons (Fsp3) is 0.500. The molecule has 4 heteroatoms. The molecular weight excluding hydrogens is 228 g/mol. The van der Waals surface area contributed by atoms with Crippen molar-refractivity contribution in [3.63, 3.8) is 0 Å². The van der Waals surface area contributed by atoms with Crippen LogP contribution in [0.5, 0.6) is 0 Å². The quantitative estimate of drug-likeness (QED) is 0.635. The van der Waals surface area contributed by atoms with E-state index < -0.39 is 17.6 Å². The monoisotopic (exact) mass is 250 g/mol. The van der Waals surface area contributed by atoms with Gasteiger partial charge in [0, 0.05) is 11.6 Å². The number of carbonyl (C=O) groups is 1. The van der Waals surface area contributed by atoms with Crippen LogP contribution >= 0.6 is 0 Å². The highest BCUT2D eigenvalue weighted by molar-refractivity contribution is 5.77. The minimum absolute atomic E-state index is 0.136. The number of anilines is 1. The predicted octanol–water partition coefficient (Wildman–Crippen LogP) is 2.04. The topological polar surface area (TPSA) is 78.3 Å². The van der Waals surface area contributed by atoms with E-state index in [0.717, 1.165) is 5.56 Å². The van der Waals surface area contributed by atoms with Crippen molar-refractivity contribution in [2.24, 2.45) is 5.73 Å². The molecule has 0 radical (unpaired) electrons. The van der Waals surface area contributed by atoms with Crippen molar-refractivity contribution in [3.8, 4) is 0 Å². The number of ether oxygens (including phenoxy) is 1. The van der Waals surface area contributed by atoms with E-state index in [-0.39, 0.29) is 5.92 Å². The van der Waals surface area contributed by atoms with Gasteiger partial charge in [0.15, 0.2) is 0 Å². The lowest BCUT2D eigenvalue weighted by Crippen LogP contribution is -2.40. The summed E-state index contributed by atoms with van der Waals surface area (Å²) in [5.74, 6) is -0.527. The summed E-state index contributed by atoms with van der Waals surface area (Å²) in [5, 5.41) is 0. The number of benzene rings is 1. The highest BCUT2D eigenvalue weighted by Gasteiger charge is 2.27. The molecule has 0 aliphatic rings. The molecule has 0 saturated heterocycles. The van der Waals surface area contributed by atoms with Crippen LogP contribution in [0.4, 0.5) is 5.69 Å². The summed E-state index contributed by atoms with van der Waals surface area (Å²) >= 11 is 0. The Morgan fingerprint density at radius 3 is 2.44 bits per heavy atom. The van der Waals surface area contributed by atoms with Crippen LogP contribution in [0, 0.1) is 0 Å². The first-order valence-electron chi connectivity index (χ1n) is 6.04. The number of hydrogen-bond donors (Lipinski definition) is 2. The van der Waals surface area contributed by atoms with E-state index in [0.29, 0.717) is 5.69 Å². The first-order valence-corrected chi connectivity index (χ1v) is 6.04. The smallest absolute Gasteiger partial charge is 0.324 e. The Kier molecular flexibility index (Phi) is 4.35. The molecule has 0 saturated carbocycles. The number of carbonyl (C=O) groups excluding carboxylic acids is 1. The van der Waals surface area contributed by atoms with Crippen LogP contribution < -0.4 is 11.5 Å². The van der Waals surface area contributed by atoms with E-state index in [1.165, 1.54) is 0 Å². The summed E-state index contributed by atoms with van der Waals surface area (Å²) in [6.45, 7) is 7.36. The predicted molar refractivity (Wildman–Crippen MR) is 73.1 cm³/mol. The molecule has 18 heavy (non-hydrogen) atoms. The highest BCUT2D eigenvalue weighted by Crippen LogP contribution is 2.22. The fourth-order valence-electron chi connectivity index (χ4n) is 1.62. The van der Waals surface area contributed by atoms with E-state index in [2.05, 4.69) is 0 Å². The van der Waals surface area contributed by atoms with Gasteiger partial charge in [-0.05, 0) is 38.5 Å². The third-order valence-corrected chi connectivity index (χ3v) is 2.65. The molecule has 1 rings (SSSR count). The van der Waals surface area contributed by atoms with Crippen molar-refractivity contribution in [2.75, 3.05) is 5.73 Å². The molecule has 0 bridgehead atoms. The molecular formula is C14H22N2O2. The maximum absolute atomic E-state index is 11.9. The summed E-state index contributed by atoms with van der Waals surface area (Å²) < 4.78 is 5.28. The summed E-state index contributed by atoms with van der Waals surface area (Å²) in [6, 6.07) is 6.70. The van der Waals surface area contributed by atoms with E-state index >= 15 is 0 Å². The van der Waals surface area contributed by atoms with Gasteiger partial charge in [-0.25, -0.2) is 0 Å². The molecule has 4 N–H and O–H groups in total. The van der Waals surface area contributed by atoms with Crippen LogP contribution in [0.1, 0.15) is 39.2 Å². The molecule has 100 valence electrons. The lowest BCUT2D eigenvalue weighted by Gasteiger charge is -2.25. The van der Waals surface area contributed by atoms with Gasteiger partial charge in [0.25, 0.3) is 0 Å². The number of esters is 1. The molecule has 0 heterocycles. The molecule has 0 fully saturated rings. The standard InChI is InChI=1S/C14H22N2O2/c1-9(10-6-5-7-11(15)8-10)12(16)13(17)18-14(2,3)4/h5-9,12H,15-16H2,1-4H3. The van der Waals surface area contributed by atoms with Crippen LogP contribution in [0.15, 0.2) is 24.3 Å². The zero-order valence-electron chi connectivity index (χ0n) is 11.4. The number of nitrogens with two attached hydrogens (primary N) is 2. The Bertz CT molecular complexity index is 424. The van der Waals surface area contributed by atoms with Gasteiger partial charge in [0.1, 0.15) is 11.6 Å². The first-order chi connectivity index (χ1) is 8.20. The molecule has 0 aromatic heterocycles. The third-order valence-electron chi connectivity index (χ3n) is 2.65. The van der Waals surface area contributed by atoms with Gasteiger partial charge >= 0.3 is 5.97 Å². The van der Waals surface area contributed by atoms with Crippen molar-refractivity contribution >= 4 is 11.7 Å². The second-order valence-electron chi connectivity index (χ2n) is 5.52. The first kappa shape index (κ1) is 14.5. The summed E-state index contributed by atoms with van der Waals surface area (Å²) in [5.41, 5.74) is 12.7. The maximum atomic E-state index is 11.9. The zero-order valence-corrected chi connectivity index (χ0v) is 11.4.